The van der Waals surface area contributed by atoms with Crippen LogP contribution >= 0.6 is 11.3 Å². The zero-order chi connectivity index (χ0) is 16.6. The zero-order valence-corrected chi connectivity index (χ0v) is 14.2. The average molecular weight is 334 g/mol. The average Bonchev–Trinajstić information content (AvgIpc) is 3.06. The fourth-order valence-electron chi connectivity index (χ4n) is 2.88. The van der Waals surface area contributed by atoms with Crippen LogP contribution in [0.15, 0.2) is 33.9 Å². The molecule has 1 amide bonds. The quantitative estimate of drug-likeness (QED) is 0.724. The van der Waals surface area contributed by atoms with E-state index in [1.165, 1.54) is 11.3 Å². The first-order chi connectivity index (χ1) is 10.9. The van der Waals surface area contributed by atoms with Crippen LogP contribution in [0.1, 0.15) is 23.5 Å². The molecule has 0 spiro atoms. The van der Waals surface area contributed by atoms with Crippen molar-refractivity contribution in [2.45, 2.75) is 19.6 Å². The Labute approximate surface area is 139 Å². The first-order valence-corrected chi connectivity index (χ1v) is 8.47. The summed E-state index contributed by atoms with van der Waals surface area (Å²) in [6.07, 6.45) is 0. The van der Waals surface area contributed by atoms with E-state index in [-0.39, 0.29) is 5.91 Å². The Kier molecular flexibility index (Phi) is 4.03. The summed E-state index contributed by atoms with van der Waals surface area (Å²) in [4.78, 5) is 21.8. The normalized spacial score (nSPS) is 26.0. The lowest BCUT2D eigenvalue weighted by Gasteiger charge is -2.45. The molecule has 1 saturated heterocycles. The number of carbonyl (C=O) groups excluding carboxylic acids is 1. The Morgan fingerprint density at radius 3 is 2.61 bits per heavy atom. The molecule has 1 aromatic heterocycles. The van der Waals surface area contributed by atoms with Gasteiger partial charge in [-0.15, -0.1) is 11.3 Å². The van der Waals surface area contributed by atoms with E-state index in [0.29, 0.717) is 37.8 Å². The van der Waals surface area contributed by atoms with Gasteiger partial charge in [-0.2, -0.15) is 0 Å². The number of nitrogens with zero attached hydrogens (tertiary/aromatic N) is 3. The molecule has 5 N–H and O–H groups in total. The molecule has 1 fully saturated rings. The SMILES string of the molecule is CC1=C(N)NC(C)(N2CCN(C(=O)c3cccs3)CC2)N=C1N. The lowest BCUT2D eigenvalue weighted by Crippen LogP contribution is -2.64. The smallest absolute Gasteiger partial charge is 0.264 e. The second-order valence-electron chi connectivity index (χ2n) is 5.94. The Morgan fingerprint density at radius 2 is 2.04 bits per heavy atom. The molecule has 124 valence electrons. The maximum atomic E-state index is 12.4. The van der Waals surface area contributed by atoms with Crippen LogP contribution in [0.5, 0.6) is 0 Å². The molecule has 0 saturated carbocycles. The Hall–Kier alpha value is -2.06. The molecule has 1 unspecified atom stereocenters. The van der Waals surface area contributed by atoms with E-state index in [9.17, 15) is 4.79 Å². The van der Waals surface area contributed by atoms with Gasteiger partial charge in [-0.25, -0.2) is 4.99 Å². The van der Waals surface area contributed by atoms with Gasteiger partial charge in [-0.05, 0) is 25.3 Å². The molecule has 2 aliphatic rings. The number of amides is 1. The van der Waals surface area contributed by atoms with Gasteiger partial charge in [0.15, 0.2) is 5.79 Å². The van der Waals surface area contributed by atoms with Crippen molar-refractivity contribution < 1.29 is 4.79 Å². The summed E-state index contributed by atoms with van der Waals surface area (Å²) in [5.41, 5.74) is 12.8. The lowest BCUT2D eigenvalue weighted by atomic mass is 10.1. The standard InChI is InChI=1S/C15H22N6OS/c1-10-12(16)18-15(2,19-13(10)17)21-7-5-20(6-8-21)14(22)11-4-3-9-23-11/h3-4,9,18H,5-8,16H2,1-2H3,(H2,17,19). The van der Waals surface area contributed by atoms with Crippen molar-refractivity contribution in [3.63, 3.8) is 0 Å². The van der Waals surface area contributed by atoms with Crippen LogP contribution < -0.4 is 16.8 Å². The molecule has 1 atom stereocenters. The monoisotopic (exact) mass is 334 g/mol. The van der Waals surface area contributed by atoms with E-state index in [1.54, 1.807) is 0 Å². The molecule has 7 nitrogen and oxygen atoms in total. The minimum atomic E-state index is -0.661. The largest absolute Gasteiger partial charge is 0.385 e. The summed E-state index contributed by atoms with van der Waals surface area (Å²) in [6.45, 7) is 6.54. The van der Waals surface area contributed by atoms with E-state index in [1.807, 2.05) is 36.3 Å². The summed E-state index contributed by atoms with van der Waals surface area (Å²) in [5.74, 6) is 0.448. The predicted octanol–water partition coefficient (Wildman–Crippen LogP) is 0.330. The maximum Gasteiger partial charge on any atom is 0.264 e. The molecule has 1 aromatic rings. The number of amidine groups is 1. The summed E-state index contributed by atoms with van der Waals surface area (Å²) in [6, 6.07) is 3.76. The van der Waals surface area contributed by atoms with Crippen molar-refractivity contribution >= 4 is 23.1 Å². The topological polar surface area (TPSA) is 100.0 Å². The van der Waals surface area contributed by atoms with Crippen LogP contribution in [-0.4, -0.2) is 53.5 Å². The van der Waals surface area contributed by atoms with E-state index in [0.717, 1.165) is 10.5 Å². The highest BCUT2D eigenvalue weighted by Gasteiger charge is 2.37. The van der Waals surface area contributed by atoms with Gasteiger partial charge in [0, 0.05) is 31.8 Å². The summed E-state index contributed by atoms with van der Waals surface area (Å²) in [7, 11) is 0. The van der Waals surface area contributed by atoms with Crippen molar-refractivity contribution in [3.05, 3.63) is 33.8 Å². The van der Waals surface area contributed by atoms with E-state index in [2.05, 4.69) is 15.2 Å². The highest BCUT2D eigenvalue weighted by molar-refractivity contribution is 7.12. The molecule has 3 rings (SSSR count). The number of hydrogen-bond acceptors (Lipinski definition) is 7. The zero-order valence-electron chi connectivity index (χ0n) is 13.4. The number of thiophene rings is 1. The van der Waals surface area contributed by atoms with Crippen LogP contribution in [0.2, 0.25) is 0 Å². The van der Waals surface area contributed by atoms with E-state index >= 15 is 0 Å². The van der Waals surface area contributed by atoms with Crippen LogP contribution in [0, 0.1) is 0 Å². The molecular weight excluding hydrogens is 312 g/mol. The van der Waals surface area contributed by atoms with Crippen LogP contribution in [0.25, 0.3) is 0 Å². The van der Waals surface area contributed by atoms with Gasteiger partial charge in [-0.3, -0.25) is 9.69 Å². The predicted molar refractivity (Wildman–Crippen MR) is 91.8 cm³/mol. The van der Waals surface area contributed by atoms with Gasteiger partial charge in [0.05, 0.1) is 4.88 Å². The van der Waals surface area contributed by atoms with Gasteiger partial charge < -0.3 is 21.7 Å². The van der Waals surface area contributed by atoms with Crippen molar-refractivity contribution in [3.8, 4) is 0 Å². The van der Waals surface area contributed by atoms with Gasteiger partial charge in [0.2, 0.25) is 0 Å². The minimum Gasteiger partial charge on any atom is -0.385 e. The third-order valence-corrected chi connectivity index (χ3v) is 5.27. The van der Waals surface area contributed by atoms with Crippen molar-refractivity contribution in [2.24, 2.45) is 16.5 Å². The fourth-order valence-corrected chi connectivity index (χ4v) is 3.57. The highest BCUT2D eigenvalue weighted by atomic mass is 32.1. The molecular formula is C15H22N6OS. The first-order valence-electron chi connectivity index (χ1n) is 7.59. The molecule has 0 bridgehead atoms. The summed E-state index contributed by atoms with van der Waals surface area (Å²) >= 11 is 1.48. The van der Waals surface area contributed by atoms with Crippen molar-refractivity contribution in [1.29, 1.82) is 0 Å². The Balaban J connectivity index is 1.67. The van der Waals surface area contributed by atoms with Gasteiger partial charge >= 0.3 is 0 Å². The molecule has 0 aromatic carbocycles. The van der Waals surface area contributed by atoms with Crippen LogP contribution in [0.3, 0.4) is 0 Å². The molecule has 0 radical (unpaired) electrons. The Morgan fingerprint density at radius 1 is 1.35 bits per heavy atom. The summed E-state index contributed by atoms with van der Waals surface area (Å²) < 4.78 is 0. The van der Waals surface area contributed by atoms with Crippen molar-refractivity contribution in [2.75, 3.05) is 26.2 Å². The van der Waals surface area contributed by atoms with E-state index in [4.69, 9.17) is 11.5 Å². The molecule has 2 aliphatic heterocycles. The van der Waals surface area contributed by atoms with Crippen LogP contribution in [-0.2, 0) is 0 Å². The van der Waals surface area contributed by atoms with Crippen molar-refractivity contribution in [1.82, 2.24) is 15.1 Å². The number of hydrogen-bond donors (Lipinski definition) is 3. The minimum absolute atomic E-state index is 0.0969. The molecule has 8 heteroatoms. The first kappa shape index (κ1) is 15.8. The maximum absolute atomic E-state index is 12.4. The second-order valence-corrected chi connectivity index (χ2v) is 6.89. The number of carbonyl (C=O) groups is 1. The van der Waals surface area contributed by atoms with Gasteiger partial charge in [-0.1, -0.05) is 6.07 Å². The molecule has 0 aliphatic carbocycles. The number of nitrogens with one attached hydrogen (secondary N) is 1. The number of nitrogens with two attached hydrogens (primary N) is 2. The number of rotatable bonds is 2. The van der Waals surface area contributed by atoms with Gasteiger partial charge in [0.25, 0.3) is 5.91 Å². The summed E-state index contributed by atoms with van der Waals surface area (Å²) in [5, 5.41) is 5.15. The third kappa shape index (κ3) is 2.91. The lowest BCUT2D eigenvalue weighted by molar-refractivity contribution is 0.0269. The number of piperazine rings is 1. The van der Waals surface area contributed by atoms with Gasteiger partial charge in [0.1, 0.15) is 11.7 Å². The van der Waals surface area contributed by atoms with E-state index < -0.39 is 5.79 Å². The highest BCUT2D eigenvalue weighted by Crippen LogP contribution is 2.23. The Bertz CT molecular complexity index is 660. The fraction of sp³-hybridized carbons (Fsp3) is 0.467. The second kappa shape index (κ2) is 5.86. The number of aliphatic imine (C=N–C) groups is 1. The van der Waals surface area contributed by atoms with Crippen LogP contribution in [0.4, 0.5) is 0 Å². The molecule has 23 heavy (non-hydrogen) atoms. The molecule has 3 heterocycles. The third-order valence-electron chi connectivity index (χ3n) is 4.41.